The fourth-order valence-corrected chi connectivity index (χ4v) is 2.64. The minimum Gasteiger partial charge on any atom is -0.423 e. The van der Waals surface area contributed by atoms with Crippen LogP contribution in [-0.4, -0.2) is 32.8 Å². The molecule has 140 valence electrons. The summed E-state index contributed by atoms with van der Waals surface area (Å²) < 4.78 is 7.42. The molecule has 0 atom stereocenters. The van der Waals surface area contributed by atoms with Crippen LogP contribution in [0, 0.1) is 5.41 Å². The maximum absolute atomic E-state index is 12.3. The van der Waals surface area contributed by atoms with Crippen LogP contribution in [0.1, 0.15) is 5.69 Å². The van der Waals surface area contributed by atoms with Gasteiger partial charge in [-0.2, -0.15) is 4.98 Å². The summed E-state index contributed by atoms with van der Waals surface area (Å²) in [5, 5.41) is 13.0. The van der Waals surface area contributed by atoms with Gasteiger partial charge in [-0.3, -0.25) is 24.0 Å². The van der Waals surface area contributed by atoms with Gasteiger partial charge >= 0.3 is 11.7 Å². The van der Waals surface area contributed by atoms with Crippen LogP contribution in [0.4, 0.5) is 11.7 Å². The SMILES string of the molecule is Cn1c(C=N)c(NCC(=O)Nc2nc3ccc(Cl)cc3o2)c(=O)n(C)c1=O. The van der Waals surface area contributed by atoms with E-state index >= 15 is 0 Å². The first-order valence-electron chi connectivity index (χ1n) is 7.72. The molecule has 0 radical (unpaired) electrons. The Hall–Kier alpha value is -3.40. The summed E-state index contributed by atoms with van der Waals surface area (Å²) in [4.78, 5) is 40.4. The highest BCUT2D eigenvalue weighted by Crippen LogP contribution is 2.22. The molecule has 0 spiro atoms. The zero-order valence-electron chi connectivity index (χ0n) is 14.4. The van der Waals surface area contributed by atoms with Crippen molar-refractivity contribution in [3.8, 4) is 0 Å². The standard InChI is InChI=1S/C16H15ClN6O4/c1-22-10(6-18)13(14(25)23(2)16(22)26)19-7-12(24)21-15-20-9-4-3-8(17)5-11(9)27-15/h3-6,18-19H,7H2,1-2H3,(H,20,21,24). The Morgan fingerprint density at radius 3 is 2.78 bits per heavy atom. The zero-order valence-corrected chi connectivity index (χ0v) is 15.1. The predicted molar refractivity (Wildman–Crippen MR) is 101 cm³/mol. The number of halogens is 1. The number of hydrogen-bond acceptors (Lipinski definition) is 7. The van der Waals surface area contributed by atoms with E-state index in [9.17, 15) is 14.4 Å². The van der Waals surface area contributed by atoms with Crippen LogP contribution in [0.5, 0.6) is 0 Å². The second-order valence-electron chi connectivity index (χ2n) is 5.64. The fourth-order valence-electron chi connectivity index (χ4n) is 2.48. The summed E-state index contributed by atoms with van der Waals surface area (Å²) in [6.45, 7) is -0.298. The quantitative estimate of drug-likeness (QED) is 0.554. The van der Waals surface area contributed by atoms with Crippen LogP contribution in [-0.2, 0) is 18.9 Å². The van der Waals surface area contributed by atoms with Crippen LogP contribution < -0.4 is 21.9 Å². The molecule has 0 aliphatic rings. The summed E-state index contributed by atoms with van der Waals surface area (Å²) in [5.41, 5.74) is -0.231. The van der Waals surface area contributed by atoms with Crippen molar-refractivity contribution in [2.24, 2.45) is 14.1 Å². The van der Waals surface area contributed by atoms with Gasteiger partial charge in [0.15, 0.2) is 5.58 Å². The van der Waals surface area contributed by atoms with Crippen LogP contribution in [0.25, 0.3) is 11.1 Å². The number of aromatic nitrogens is 3. The molecule has 27 heavy (non-hydrogen) atoms. The third-order valence-corrected chi connectivity index (χ3v) is 4.10. The molecule has 2 aromatic heterocycles. The van der Waals surface area contributed by atoms with Crippen LogP contribution >= 0.6 is 11.6 Å². The highest BCUT2D eigenvalue weighted by molar-refractivity contribution is 6.31. The summed E-state index contributed by atoms with van der Waals surface area (Å²) in [7, 11) is 2.74. The summed E-state index contributed by atoms with van der Waals surface area (Å²) >= 11 is 5.87. The van der Waals surface area contributed by atoms with Crippen molar-refractivity contribution in [3.63, 3.8) is 0 Å². The van der Waals surface area contributed by atoms with E-state index in [0.717, 1.165) is 15.3 Å². The van der Waals surface area contributed by atoms with Crippen molar-refractivity contribution < 1.29 is 9.21 Å². The number of hydrogen-bond donors (Lipinski definition) is 3. The lowest BCUT2D eigenvalue weighted by Crippen LogP contribution is -2.41. The van der Waals surface area contributed by atoms with Crippen molar-refractivity contribution >= 4 is 46.5 Å². The monoisotopic (exact) mass is 390 g/mol. The van der Waals surface area contributed by atoms with Crippen LogP contribution in [0.2, 0.25) is 5.02 Å². The molecule has 0 bridgehead atoms. The van der Waals surface area contributed by atoms with Crippen molar-refractivity contribution in [2.45, 2.75) is 0 Å². The smallest absolute Gasteiger partial charge is 0.331 e. The van der Waals surface area contributed by atoms with Crippen molar-refractivity contribution in [3.05, 3.63) is 49.8 Å². The minimum absolute atomic E-state index is 0.0142. The van der Waals surface area contributed by atoms with Gasteiger partial charge in [-0.15, -0.1) is 0 Å². The van der Waals surface area contributed by atoms with Gasteiger partial charge in [0.05, 0.1) is 12.2 Å². The van der Waals surface area contributed by atoms with Gasteiger partial charge in [0.1, 0.15) is 11.2 Å². The van der Waals surface area contributed by atoms with E-state index in [1.54, 1.807) is 18.2 Å². The Balaban J connectivity index is 1.78. The third-order valence-electron chi connectivity index (χ3n) is 3.87. The number of oxazole rings is 1. The molecule has 1 aromatic carbocycles. The number of rotatable bonds is 5. The second kappa shape index (κ2) is 7.08. The van der Waals surface area contributed by atoms with Gasteiger partial charge in [-0.05, 0) is 12.1 Å². The average molecular weight is 391 g/mol. The number of amides is 1. The zero-order chi connectivity index (χ0) is 19.7. The normalized spacial score (nSPS) is 10.8. The number of benzene rings is 1. The van der Waals surface area contributed by atoms with E-state index < -0.39 is 17.2 Å². The van der Waals surface area contributed by atoms with Gasteiger partial charge in [0.2, 0.25) is 5.91 Å². The molecule has 11 heteroatoms. The first kappa shape index (κ1) is 18.4. The van der Waals surface area contributed by atoms with Crippen LogP contribution in [0.3, 0.4) is 0 Å². The van der Waals surface area contributed by atoms with E-state index in [1.807, 2.05) is 0 Å². The molecule has 0 aliphatic carbocycles. The minimum atomic E-state index is -0.638. The number of nitrogens with zero attached hydrogens (tertiary/aromatic N) is 3. The molecule has 0 saturated heterocycles. The third kappa shape index (κ3) is 3.47. The average Bonchev–Trinajstić information content (AvgIpc) is 3.02. The highest BCUT2D eigenvalue weighted by Gasteiger charge is 2.16. The summed E-state index contributed by atoms with van der Waals surface area (Å²) in [5.74, 6) is -0.528. The summed E-state index contributed by atoms with van der Waals surface area (Å²) in [6, 6.07) is 4.86. The number of nitrogens with one attached hydrogen (secondary N) is 3. The lowest BCUT2D eigenvalue weighted by molar-refractivity contribution is -0.114. The number of fused-ring (bicyclic) bond motifs is 1. The van der Waals surface area contributed by atoms with Crippen molar-refractivity contribution in [2.75, 3.05) is 17.2 Å². The molecule has 3 rings (SSSR count). The maximum Gasteiger partial charge on any atom is 0.331 e. The van der Waals surface area contributed by atoms with E-state index in [0.29, 0.717) is 16.1 Å². The van der Waals surface area contributed by atoms with Gasteiger partial charge in [0.25, 0.3) is 5.56 Å². The topological polar surface area (TPSA) is 135 Å². The molecule has 0 saturated carbocycles. The number of carbonyl (C=O) groups is 1. The second-order valence-corrected chi connectivity index (χ2v) is 6.08. The number of anilines is 2. The molecule has 3 aromatic rings. The van der Waals surface area contributed by atoms with Crippen molar-refractivity contribution in [1.29, 1.82) is 5.41 Å². The molecule has 2 heterocycles. The Kier molecular flexibility index (Phi) is 4.82. The fraction of sp³-hybridized carbons (Fsp3) is 0.188. The van der Waals surface area contributed by atoms with Gasteiger partial charge in [-0.25, -0.2) is 4.79 Å². The molecule has 1 amide bonds. The van der Waals surface area contributed by atoms with E-state index in [1.165, 1.54) is 14.1 Å². The van der Waals surface area contributed by atoms with E-state index in [2.05, 4.69) is 15.6 Å². The van der Waals surface area contributed by atoms with Gasteiger partial charge in [0, 0.05) is 31.4 Å². The van der Waals surface area contributed by atoms with E-state index in [-0.39, 0.29) is 23.9 Å². The van der Waals surface area contributed by atoms with Crippen molar-refractivity contribution in [1.82, 2.24) is 14.1 Å². The first-order valence-corrected chi connectivity index (χ1v) is 8.10. The lowest BCUT2D eigenvalue weighted by Gasteiger charge is -2.13. The molecule has 3 N–H and O–H groups in total. The highest BCUT2D eigenvalue weighted by atomic mass is 35.5. The Labute approximate surface area is 156 Å². The molecular formula is C16H15ClN6O4. The maximum atomic E-state index is 12.3. The summed E-state index contributed by atoms with van der Waals surface area (Å²) in [6.07, 6.45) is 0.869. The Morgan fingerprint density at radius 1 is 1.33 bits per heavy atom. The van der Waals surface area contributed by atoms with Gasteiger partial charge < -0.3 is 15.1 Å². The van der Waals surface area contributed by atoms with Gasteiger partial charge in [-0.1, -0.05) is 11.6 Å². The lowest BCUT2D eigenvalue weighted by atomic mass is 10.3. The molecule has 0 fully saturated rings. The number of carbonyl (C=O) groups excluding carboxylic acids is 1. The first-order chi connectivity index (χ1) is 12.8. The largest absolute Gasteiger partial charge is 0.423 e. The van der Waals surface area contributed by atoms with E-state index in [4.69, 9.17) is 21.4 Å². The molecular weight excluding hydrogens is 376 g/mol. The Bertz CT molecular complexity index is 1180. The molecule has 0 unspecified atom stereocenters. The molecule has 10 nitrogen and oxygen atoms in total. The molecule has 0 aliphatic heterocycles. The predicted octanol–water partition coefficient (Wildman–Crippen LogP) is 0.927. The Morgan fingerprint density at radius 2 is 2.07 bits per heavy atom. The van der Waals surface area contributed by atoms with Crippen LogP contribution in [0.15, 0.2) is 32.2 Å².